The third-order valence-electron chi connectivity index (χ3n) is 4.37. The van der Waals surface area contributed by atoms with E-state index in [1.54, 1.807) is 6.92 Å². The highest BCUT2D eigenvalue weighted by atomic mass is 16.3. The second-order valence-electron chi connectivity index (χ2n) is 5.99. The minimum atomic E-state index is -1.11. The number of rotatable bonds is 6. The molecule has 0 saturated heterocycles. The van der Waals surface area contributed by atoms with Gasteiger partial charge in [-0.2, -0.15) is 0 Å². The average Bonchev–Trinajstić information content (AvgIpc) is 2.55. The monoisotopic (exact) mass is 299 g/mol. The molecular weight excluding hydrogens is 274 g/mol. The van der Waals surface area contributed by atoms with Gasteiger partial charge in [0.2, 0.25) is 0 Å². The van der Waals surface area contributed by atoms with Gasteiger partial charge in [-0.15, -0.1) is 0 Å². The van der Waals surface area contributed by atoms with Gasteiger partial charge in [-0.25, -0.2) is 0 Å². The Labute approximate surface area is 132 Å². The molecule has 22 heavy (non-hydrogen) atoms. The maximum atomic E-state index is 11.4. The first-order valence-electron chi connectivity index (χ1n) is 7.67. The number of aliphatic hydroxyl groups excluding tert-OH is 1. The maximum Gasteiger partial charge on any atom is 0.127 e. The van der Waals surface area contributed by atoms with Crippen molar-refractivity contribution >= 4 is 0 Å². The molecule has 2 N–H and O–H groups in total. The van der Waals surface area contributed by atoms with Gasteiger partial charge in [-0.05, 0) is 32.0 Å². The topological polar surface area (TPSA) is 43.7 Å². The number of hydrogen-bond acceptors (Lipinski definition) is 3. The highest BCUT2D eigenvalue weighted by Gasteiger charge is 2.34. The van der Waals surface area contributed by atoms with Crippen molar-refractivity contribution in [2.24, 2.45) is 0 Å². The predicted octanol–water partition coefficient (Wildman–Crippen LogP) is 2.62. The van der Waals surface area contributed by atoms with Gasteiger partial charge < -0.3 is 10.2 Å². The first-order chi connectivity index (χ1) is 10.4. The molecule has 0 heterocycles. The third kappa shape index (κ3) is 3.55. The average molecular weight is 299 g/mol. The van der Waals surface area contributed by atoms with E-state index >= 15 is 0 Å². The zero-order valence-electron chi connectivity index (χ0n) is 13.5. The first kappa shape index (κ1) is 16.7. The highest BCUT2D eigenvalue weighted by Crippen LogP contribution is 2.30. The minimum Gasteiger partial charge on any atom is -0.392 e. The Morgan fingerprint density at radius 2 is 1.32 bits per heavy atom. The van der Waals surface area contributed by atoms with Crippen LogP contribution in [0.1, 0.15) is 25.0 Å². The van der Waals surface area contributed by atoms with Gasteiger partial charge in [0, 0.05) is 12.6 Å². The second-order valence-corrected chi connectivity index (χ2v) is 5.99. The Balaban J connectivity index is 2.39. The van der Waals surface area contributed by atoms with E-state index in [9.17, 15) is 10.2 Å². The van der Waals surface area contributed by atoms with Crippen molar-refractivity contribution in [3.63, 3.8) is 0 Å². The summed E-state index contributed by atoms with van der Waals surface area (Å²) in [6, 6.07) is 19.3. The molecule has 0 saturated carbocycles. The quantitative estimate of drug-likeness (QED) is 0.862. The van der Waals surface area contributed by atoms with Crippen molar-refractivity contribution in [1.29, 1.82) is 0 Å². The molecule has 2 aromatic rings. The lowest BCUT2D eigenvalue weighted by atomic mass is 9.85. The molecule has 118 valence electrons. The third-order valence-corrected chi connectivity index (χ3v) is 4.37. The molecule has 0 aromatic heterocycles. The number of hydrogen-bond donors (Lipinski definition) is 2. The fraction of sp³-hybridized carbons (Fsp3) is 0.368. The van der Waals surface area contributed by atoms with Gasteiger partial charge in [0.1, 0.15) is 5.60 Å². The summed E-state index contributed by atoms with van der Waals surface area (Å²) in [5.74, 6) is 0. The molecule has 3 heteroatoms. The van der Waals surface area contributed by atoms with E-state index in [2.05, 4.69) is 0 Å². The van der Waals surface area contributed by atoms with Crippen LogP contribution < -0.4 is 0 Å². The molecule has 0 bridgehead atoms. The van der Waals surface area contributed by atoms with Crippen molar-refractivity contribution in [3.05, 3.63) is 71.8 Å². The lowest BCUT2D eigenvalue weighted by Gasteiger charge is -2.37. The Morgan fingerprint density at radius 1 is 0.909 bits per heavy atom. The van der Waals surface area contributed by atoms with Gasteiger partial charge >= 0.3 is 0 Å². The summed E-state index contributed by atoms with van der Waals surface area (Å²) < 4.78 is 0. The molecular formula is C19H25NO2. The van der Waals surface area contributed by atoms with E-state index in [1.165, 1.54) is 0 Å². The summed E-state index contributed by atoms with van der Waals surface area (Å²) in [4.78, 5) is 1.99. The number of nitrogens with zero attached hydrogens (tertiary/aromatic N) is 1. The molecule has 3 nitrogen and oxygen atoms in total. The predicted molar refractivity (Wildman–Crippen MR) is 89.7 cm³/mol. The van der Waals surface area contributed by atoms with Gasteiger partial charge in [0.15, 0.2) is 0 Å². The number of aliphatic hydroxyl groups is 2. The van der Waals surface area contributed by atoms with Crippen LogP contribution in [0.2, 0.25) is 0 Å². The van der Waals surface area contributed by atoms with Crippen LogP contribution in [0.4, 0.5) is 0 Å². The van der Waals surface area contributed by atoms with Crippen LogP contribution in [-0.4, -0.2) is 40.9 Å². The van der Waals surface area contributed by atoms with Gasteiger partial charge in [-0.1, -0.05) is 60.7 Å². The van der Waals surface area contributed by atoms with Crippen LogP contribution in [0.25, 0.3) is 0 Å². The van der Waals surface area contributed by atoms with E-state index < -0.39 is 11.7 Å². The molecule has 0 unspecified atom stereocenters. The van der Waals surface area contributed by atoms with Crippen LogP contribution >= 0.6 is 0 Å². The van der Waals surface area contributed by atoms with Crippen molar-refractivity contribution in [1.82, 2.24) is 4.90 Å². The smallest absolute Gasteiger partial charge is 0.127 e. The van der Waals surface area contributed by atoms with E-state index in [-0.39, 0.29) is 6.04 Å². The SMILES string of the molecule is C[C@@H](O)[C@H](C)N(C)CC(O)(c1ccccc1)c1ccccc1. The summed E-state index contributed by atoms with van der Waals surface area (Å²) in [5, 5.41) is 21.2. The van der Waals surface area contributed by atoms with E-state index in [0.717, 1.165) is 11.1 Å². The summed E-state index contributed by atoms with van der Waals surface area (Å²) in [7, 11) is 1.92. The normalized spacial score (nSPS) is 14.8. The van der Waals surface area contributed by atoms with Crippen molar-refractivity contribution in [2.45, 2.75) is 31.6 Å². The molecule has 0 aliphatic carbocycles. The standard InChI is InChI=1S/C19H25NO2/c1-15(16(2)21)20(3)14-19(22,17-10-6-4-7-11-17)18-12-8-5-9-13-18/h4-13,15-16,21-22H,14H2,1-3H3/t15-,16+/m0/s1. The fourth-order valence-corrected chi connectivity index (χ4v) is 2.65. The van der Waals surface area contributed by atoms with Gasteiger partial charge in [-0.3, -0.25) is 4.90 Å². The lowest BCUT2D eigenvalue weighted by molar-refractivity contribution is 0.00745. The maximum absolute atomic E-state index is 11.4. The molecule has 0 fully saturated rings. The fourth-order valence-electron chi connectivity index (χ4n) is 2.65. The van der Waals surface area contributed by atoms with Gasteiger partial charge in [0.05, 0.1) is 6.10 Å². The summed E-state index contributed by atoms with van der Waals surface area (Å²) in [6.07, 6.45) is -0.458. The second kappa shape index (κ2) is 7.05. The van der Waals surface area contributed by atoms with Crippen molar-refractivity contribution in [2.75, 3.05) is 13.6 Å². The Bertz CT molecular complexity index is 529. The largest absolute Gasteiger partial charge is 0.392 e. The van der Waals surface area contributed by atoms with E-state index in [0.29, 0.717) is 6.54 Å². The highest BCUT2D eigenvalue weighted by molar-refractivity contribution is 5.36. The number of likely N-dealkylation sites (N-methyl/N-ethyl adjacent to an activating group) is 1. The van der Waals surface area contributed by atoms with Crippen LogP contribution in [0.3, 0.4) is 0 Å². The molecule has 0 aliphatic heterocycles. The molecule has 2 rings (SSSR count). The molecule has 0 spiro atoms. The zero-order chi connectivity index (χ0) is 16.2. The van der Waals surface area contributed by atoms with Crippen LogP contribution in [-0.2, 0) is 5.60 Å². The minimum absolute atomic E-state index is 0.0426. The Morgan fingerprint density at radius 3 is 1.68 bits per heavy atom. The Hall–Kier alpha value is -1.68. The molecule has 2 atom stereocenters. The van der Waals surface area contributed by atoms with Crippen molar-refractivity contribution in [3.8, 4) is 0 Å². The Kier molecular flexibility index (Phi) is 5.35. The molecule has 0 radical (unpaired) electrons. The van der Waals surface area contributed by atoms with Crippen molar-refractivity contribution < 1.29 is 10.2 Å². The molecule has 0 aliphatic rings. The van der Waals surface area contributed by atoms with Gasteiger partial charge in [0.25, 0.3) is 0 Å². The molecule has 0 amide bonds. The summed E-state index contributed by atoms with van der Waals surface area (Å²) in [5.41, 5.74) is 0.595. The zero-order valence-corrected chi connectivity index (χ0v) is 13.5. The lowest BCUT2D eigenvalue weighted by Crippen LogP contribution is -2.46. The number of benzene rings is 2. The van der Waals surface area contributed by atoms with E-state index in [4.69, 9.17) is 0 Å². The molecule has 2 aromatic carbocycles. The first-order valence-corrected chi connectivity index (χ1v) is 7.67. The summed E-state index contributed by atoms with van der Waals surface area (Å²) in [6.45, 7) is 4.14. The summed E-state index contributed by atoms with van der Waals surface area (Å²) >= 11 is 0. The van der Waals surface area contributed by atoms with Crippen LogP contribution in [0, 0.1) is 0 Å². The van der Waals surface area contributed by atoms with Crippen LogP contribution in [0.5, 0.6) is 0 Å². The van der Waals surface area contributed by atoms with E-state index in [1.807, 2.05) is 79.5 Å². The van der Waals surface area contributed by atoms with Crippen LogP contribution in [0.15, 0.2) is 60.7 Å².